The van der Waals surface area contributed by atoms with Gasteiger partial charge < -0.3 is 13.6 Å². The largest absolute Gasteiger partial charge is 0.456 e. The number of aromatic nitrogens is 2. The Morgan fingerprint density at radius 2 is 0.667 bits per heavy atom. The van der Waals surface area contributed by atoms with Crippen molar-refractivity contribution in [2.24, 2.45) is 0 Å². The minimum atomic E-state index is 0.890. The highest BCUT2D eigenvalue weighted by Gasteiger charge is 2.22. The van der Waals surface area contributed by atoms with E-state index in [9.17, 15) is 0 Å². The molecule has 9 aromatic carbocycles. The monoisotopic (exact) mass is 648 g/mol. The molecule has 0 saturated carbocycles. The molecule has 0 bridgehead atoms. The lowest BCUT2D eigenvalue weighted by molar-refractivity contribution is 0.668. The van der Waals surface area contributed by atoms with Crippen LogP contribution in [-0.4, -0.2) is 9.13 Å². The molecule has 0 spiro atoms. The van der Waals surface area contributed by atoms with E-state index in [2.05, 4.69) is 167 Å². The lowest BCUT2D eigenvalue weighted by Gasteiger charge is -2.15. The minimum Gasteiger partial charge on any atom is -0.456 e. The molecular formula is C48H28N2O. The maximum absolute atomic E-state index is 6.43. The lowest BCUT2D eigenvalue weighted by Crippen LogP contribution is -1.99. The summed E-state index contributed by atoms with van der Waals surface area (Å²) in [5, 5.41) is 14.8. The van der Waals surface area contributed by atoms with E-state index < -0.39 is 0 Å². The maximum atomic E-state index is 6.43. The van der Waals surface area contributed by atoms with Crippen LogP contribution in [0.25, 0.3) is 109 Å². The predicted octanol–water partition coefficient (Wildman–Crippen LogP) is 13.2. The van der Waals surface area contributed by atoms with E-state index in [1.54, 1.807) is 0 Å². The molecule has 0 amide bonds. The summed E-state index contributed by atoms with van der Waals surface area (Å²) in [6, 6.07) is 61.9. The van der Waals surface area contributed by atoms with E-state index in [0.29, 0.717) is 0 Å². The molecule has 236 valence electrons. The van der Waals surface area contributed by atoms with Gasteiger partial charge in [-0.1, -0.05) is 121 Å². The number of hydrogen-bond donors (Lipinski definition) is 0. The number of para-hydroxylation sites is 3. The molecule has 3 heteroatoms. The first-order valence-corrected chi connectivity index (χ1v) is 17.5. The fraction of sp³-hybridized carbons (Fsp3) is 0. The van der Waals surface area contributed by atoms with E-state index in [0.717, 1.165) is 33.3 Å². The second-order valence-corrected chi connectivity index (χ2v) is 13.7. The van der Waals surface area contributed by atoms with Crippen molar-refractivity contribution in [3.05, 3.63) is 170 Å². The van der Waals surface area contributed by atoms with E-state index in [-0.39, 0.29) is 0 Å². The maximum Gasteiger partial charge on any atom is 0.137 e. The molecule has 0 aliphatic heterocycles. The van der Waals surface area contributed by atoms with Crippen LogP contribution >= 0.6 is 0 Å². The first-order valence-electron chi connectivity index (χ1n) is 17.5. The predicted molar refractivity (Wildman–Crippen MR) is 215 cm³/mol. The van der Waals surface area contributed by atoms with Gasteiger partial charge in [0.2, 0.25) is 0 Å². The Labute approximate surface area is 291 Å². The third kappa shape index (κ3) is 3.57. The summed E-state index contributed by atoms with van der Waals surface area (Å²) >= 11 is 0. The number of fused-ring (bicyclic) bond motifs is 16. The van der Waals surface area contributed by atoms with Gasteiger partial charge in [-0.15, -0.1) is 0 Å². The van der Waals surface area contributed by atoms with Gasteiger partial charge in [-0.05, 0) is 74.8 Å². The molecular weight excluding hydrogens is 621 g/mol. The van der Waals surface area contributed by atoms with Crippen molar-refractivity contribution in [2.75, 3.05) is 0 Å². The van der Waals surface area contributed by atoms with E-state index in [4.69, 9.17) is 4.42 Å². The zero-order valence-corrected chi connectivity index (χ0v) is 27.5. The van der Waals surface area contributed by atoms with Crippen LogP contribution in [0.1, 0.15) is 0 Å². The summed E-state index contributed by atoms with van der Waals surface area (Å²) in [7, 11) is 0. The topological polar surface area (TPSA) is 23.0 Å². The summed E-state index contributed by atoms with van der Waals surface area (Å²) in [5.74, 6) is 0. The number of nitrogens with zero attached hydrogens (tertiary/aromatic N) is 2. The Bertz CT molecular complexity index is 3390. The SMILES string of the molecule is c1ccc2c(c1)oc1cc(-n3c4ccccc4c4ccc5c6ccccc6n(-c6ccc7c8ccccc8c8ccccc8c7c6)c5c43)ccc12. The fourth-order valence-electron chi connectivity index (χ4n) is 8.93. The van der Waals surface area contributed by atoms with Crippen LogP contribution in [0.5, 0.6) is 0 Å². The highest BCUT2D eigenvalue weighted by Crippen LogP contribution is 2.43. The van der Waals surface area contributed by atoms with Crippen molar-refractivity contribution in [1.82, 2.24) is 9.13 Å². The Morgan fingerprint density at radius 1 is 0.275 bits per heavy atom. The molecule has 0 saturated heterocycles. The summed E-state index contributed by atoms with van der Waals surface area (Å²) in [4.78, 5) is 0. The van der Waals surface area contributed by atoms with Crippen LogP contribution in [0.3, 0.4) is 0 Å². The smallest absolute Gasteiger partial charge is 0.137 e. The summed E-state index contributed by atoms with van der Waals surface area (Å²) in [6.45, 7) is 0. The minimum absolute atomic E-state index is 0.890. The van der Waals surface area contributed by atoms with Gasteiger partial charge >= 0.3 is 0 Å². The third-order valence-corrected chi connectivity index (χ3v) is 11.1. The van der Waals surface area contributed by atoms with Crippen molar-refractivity contribution in [2.45, 2.75) is 0 Å². The second kappa shape index (κ2) is 9.87. The van der Waals surface area contributed by atoms with Gasteiger partial charge in [0.1, 0.15) is 11.2 Å². The lowest BCUT2D eigenvalue weighted by atomic mass is 9.94. The zero-order chi connectivity index (χ0) is 33.2. The molecule has 0 N–H and O–H groups in total. The van der Waals surface area contributed by atoms with Gasteiger partial charge in [-0.25, -0.2) is 0 Å². The van der Waals surface area contributed by atoms with E-state index in [1.807, 2.05) is 12.1 Å². The molecule has 0 unspecified atom stereocenters. The fourth-order valence-corrected chi connectivity index (χ4v) is 8.93. The molecule has 3 aromatic heterocycles. The molecule has 3 heterocycles. The molecule has 0 aliphatic carbocycles. The molecule has 0 aliphatic rings. The van der Waals surface area contributed by atoms with Crippen LogP contribution in [0.2, 0.25) is 0 Å². The summed E-state index contributed by atoms with van der Waals surface area (Å²) in [6.07, 6.45) is 0. The van der Waals surface area contributed by atoms with Gasteiger partial charge in [-0.2, -0.15) is 0 Å². The average molecular weight is 649 g/mol. The van der Waals surface area contributed by atoms with Crippen molar-refractivity contribution in [3.8, 4) is 11.4 Å². The Kier molecular flexibility index (Phi) is 5.23. The molecule has 0 fully saturated rings. The van der Waals surface area contributed by atoms with Gasteiger partial charge in [0.05, 0.1) is 27.8 Å². The van der Waals surface area contributed by atoms with Crippen LogP contribution in [0.15, 0.2) is 174 Å². The Morgan fingerprint density at radius 3 is 1.25 bits per heavy atom. The standard InChI is InChI=1S/C48H28N2O/c1-2-13-33-31(11-1)32-12-3-4-14-34(32)42-27-29(21-23-35(33)42)49-43-18-8-5-15-36(43)40-25-26-41-37-16-6-9-19-44(37)50(48(41)47(40)49)30-22-24-39-38-17-7-10-20-45(38)51-46(39)28-30/h1-28H. The van der Waals surface area contributed by atoms with Crippen LogP contribution in [0.4, 0.5) is 0 Å². The average Bonchev–Trinajstić information content (AvgIpc) is 3.85. The molecule has 0 radical (unpaired) electrons. The molecule has 0 atom stereocenters. The molecule has 12 aromatic rings. The Balaban J connectivity index is 1.24. The van der Waals surface area contributed by atoms with E-state index in [1.165, 1.54) is 75.9 Å². The normalized spacial score (nSPS) is 12.3. The number of hydrogen-bond acceptors (Lipinski definition) is 1. The third-order valence-electron chi connectivity index (χ3n) is 11.1. The quantitative estimate of drug-likeness (QED) is 0.171. The number of benzene rings is 9. The van der Waals surface area contributed by atoms with Gasteiger partial charge in [0.15, 0.2) is 0 Å². The highest BCUT2D eigenvalue weighted by molar-refractivity contribution is 6.27. The van der Waals surface area contributed by atoms with Gasteiger partial charge in [0, 0.05) is 44.1 Å². The van der Waals surface area contributed by atoms with Crippen LogP contribution in [-0.2, 0) is 0 Å². The van der Waals surface area contributed by atoms with Crippen molar-refractivity contribution >= 4 is 97.9 Å². The highest BCUT2D eigenvalue weighted by atomic mass is 16.3. The molecule has 12 rings (SSSR count). The number of furan rings is 1. The first-order chi connectivity index (χ1) is 25.3. The van der Waals surface area contributed by atoms with Crippen molar-refractivity contribution < 1.29 is 4.42 Å². The summed E-state index contributed by atoms with van der Waals surface area (Å²) in [5.41, 5.74) is 8.76. The van der Waals surface area contributed by atoms with Crippen LogP contribution in [0, 0.1) is 0 Å². The van der Waals surface area contributed by atoms with Gasteiger partial charge in [0.25, 0.3) is 0 Å². The zero-order valence-electron chi connectivity index (χ0n) is 27.5. The number of rotatable bonds is 2. The van der Waals surface area contributed by atoms with Crippen LogP contribution < -0.4 is 0 Å². The second-order valence-electron chi connectivity index (χ2n) is 13.7. The summed E-state index contributed by atoms with van der Waals surface area (Å²) < 4.78 is 11.4. The van der Waals surface area contributed by atoms with Gasteiger partial charge in [-0.3, -0.25) is 0 Å². The molecule has 3 nitrogen and oxygen atoms in total. The van der Waals surface area contributed by atoms with Crippen molar-refractivity contribution in [1.29, 1.82) is 0 Å². The first kappa shape index (κ1) is 27.0. The van der Waals surface area contributed by atoms with E-state index >= 15 is 0 Å². The molecule has 51 heavy (non-hydrogen) atoms. The Hall–Kier alpha value is -6.84. The van der Waals surface area contributed by atoms with Crippen molar-refractivity contribution in [3.63, 3.8) is 0 Å².